The Morgan fingerprint density at radius 1 is 1.26 bits per heavy atom. The molecule has 11 heteroatoms. The summed E-state index contributed by atoms with van der Waals surface area (Å²) in [4.78, 5) is 4.33. The molecule has 0 spiro atoms. The van der Waals surface area contributed by atoms with Crippen molar-refractivity contribution >= 4 is 27.6 Å². The monoisotopic (exact) mass is 426 g/mol. The second-order valence-electron chi connectivity index (χ2n) is 5.40. The summed E-state index contributed by atoms with van der Waals surface area (Å²) in [7, 11) is -3.21. The van der Waals surface area contributed by atoms with Gasteiger partial charge in [-0.15, -0.1) is 0 Å². The van der Waals surface area contributed by atoms with Crippen LogP contribution >= 0.6 is 11.6 Å². The molecule has 0 unspecified atom stereocenters. The lowest BCUT2D eigenvalue weighted by Gasteiger charge is -2.13. The molecule has 0 bridgehead atoms. The molecule has 1 aromatic rings. The van der Waals surface area contributed by atoms with Gasteiger partial charge in [0.05, 0.1) is 12.3 Å². The highest BCUT2D eigenvalue weighted by molar-refractivity contribution is 7.89. The fourth-order valence-corrected chi connectivity index (χ4v) is 2.87. The van der Waals surface area contributed by atoms with Crippen LogP contribution in [0.2, 0.25) is 5.02 Å². The van der Waals surface area contributed by atoms with Crippen LogP contribution < -0.4 is 20.1 Å². The lowest BCUT2D eigenvalue weighted by atomic mass is 10.2. The van der Waals surface area contributed by atoms with Crippen molar-refractivity contribution in [2.75, 3.05) is 25.4 Å². The van der Waals surface area contributed by atoms with Crippen molar-refractivity contribution in [3.8, 4) is 5.75 Å². The highest BCUT2D eigenvalue weighted by atomic mass is 35.5. The number of rotatable bonds is 11. The Morgan fingerprint density at radius 2 is 2.00 bits per heavy atom. The number of sulfonamides is 1. The minimum Gasteiger partial charge on any atom is -0.434 e. The Kier molecular flexibility index (Phi) is 10.3. The topological polar surface area (TPSA) is 91.8 Å². The normalized spacial score (nSPS) is 12.3. The number of nitrogens with one attached hydrogen (secondary N) is 3. The molecule has 0 amide bonds. The van der Waals surface area contributed by atoms with Crippen LogP contribution in [0.15, 0.2) is 23.2 Å². The second-order valence-corrected chi connectivity index (χ2v) is 7.94. The van der Waals surface area contributed by atoms with E-state index < -0.39 is 16.6 Å². The van der Waals surface area contributed by atoms with E-state index in [-0.39, 0.29) is 18.0 Å². The van der Waals surface area contributed by atoms with Gasteiger partial charge in [0.25, 0.3) is 0 Å². The Morgan fingerprint density at radius 3 is 2.63 bits per heavy atom. The molecule has 7 nitrogen and oxygen atoms in total. The zero-order chi connectivity index (χ0) is 20.3. The zero-order valence-electron chi connectivity index (χ0n) is 15.3. The van der Waals surface area contributed by atoms with Crippen LogP contribution in [0.1, 0.15) is 25.8 Å². The number of ether oxygens (including phenoxy) is 1. The summed E-state index contributed by atoms with van der Waals surface area (Å²) >= 11 is 5.92. The standard InChI is InChI=1S/C16H25ClF2N4O3S/c1-3-20-16(21-8-5-9-23-27(24,25)4-2)22-11-12-10-13(17)6-7-14(12)26-15(18)19/h6-7,10,15,23H,3-5,8-9,11H2,1-2H3,(H2,20,21,22). The summed E-state index contributed by atoms with van der Waals surface area (Å²) in [6.07, 6.45) is 0.556. The number of nitrogens with zero attached hydrogens (tertiary/aromatic N) is 1. The largest absolute Gasteiger partial charge is 0.434 e. The summed E-state index contributed by atoms with van der Waals surface area (Å²) in [5.41, 5.74) is 0.427. The van der Waals surface area contributed by atoms with Gasteiger partial charge in [0.2, 0.25) is 10.0 Å². The van der Waals surface area contributed by atoms with E-state index in [0.717, 1.165) is 0 Å². The van der Waals surface area contributed by atoms with Gasteiger partial charge in [-0.1, -0.05) is 11.6 Å². The number of hydrogen-bond donors (Lipinski definition) is 3. The van der Waals surface area contributed by atoms with E-state index in [1.165, 1.54) is 18.2 Å². The third-order valence-electron chi connectivity index (χ3n) is 3.34. The van der Waals surface area contributed by atoms with Crippen molar-refractivity contribution in [3.63, 3.8) is 0 Å². The van der Waals surface area contributed by atoms with Crippen LogP contribution in [0.5, 0.6) is 5.75 Å². The molecule has 154 valence electrons. The zero-order valence-corrected chi connectivity index (χ0v) is 16.8. The smallest absolute Gasteiger partial charge is 0.387 e. The lowest BCUT2D eigenvalue weighted by molar-refractivity contribution is -0.0504. The third-order valence-corrected chi connectivity index (χ3v) is 4.98. The van der Waals surface area contributed by atoms with E-state index >= 15 is 0 Å². The quantitative estimate of drug-likeness (QED) is 0.287. The first-order chi connectivity index (χ1) is 12.8. The highest BCUT2D eigenvalue weighted by Crippen LogP contribution is 2.25. The Labute approximate surface area is 163 Å². The number of aliphatic imine (C=N–C) groups is 1. The van der Waals surface area contributed by atoms with Gasteiger partial charge >= 0.3 is 6.61 Å². The van der Waals surface area contributed by atoms with Gasteiger partial charge in [0, 0.05) is 30.2 Å². The third kappa shape index (κ3) is 9.73. The molecule has 0 radical (unpaired) electrons. The van der Waals surface area contributed by atoms with Crippen LogP contribution in [0.3, 0.4) is 0 Å². The molecule has 0 atom stereocenters. The summed E-state index contributed by atoms with van der Waals surface area (Å²) in [6.45, 7) is 1.99. The van der Waals surface area contributed by atoms with Crippen LogP contribution in [0.4, 0.5) is 8.78 Å². The average molecular weight is 427 g/mol. The summed E-state index contributed by atoms with van der Waals surface area (Å²) in [5.74, 6) is 0.523. The molecule has 0 aliphatic carbocycles. The minimum absolute atomic E-state index is 0.0166. The predicted octanol–water partition coefficient (Wildman–Crippen LogP) is 2.33. The number of alkyl halides is 2. The Hall–Kier alpha value is -1.65. The van der Waals surface area contributed by atoms with Crippen LogP contribution in [-0.2, 0) is 16.6 Å². The highest BCUT2D eigenvalue weighted by Gasteiger charge is 2.10. The molecule has 0 saturated carbocycles. The summed E-state index contributed by atoms with van der Waals surface area (Å²) < 4.78 is 54.7. The maximum atomic E-state index is 12.5. The first kappa shape index (κ1) is 23.4. The van der Waals surface area contributed by atoms with E-state index in [4.69, 9.17) is 11.6 Å². The molecular weight excluding hydrogens is 402 g/mol. The van der Waals surface area contributed by atoms with Crippen molar-refractivity contribution < 1.29 is 21.9 Å². The van der Waals surface area contributed by atoms with Crippen LogP contribution in [-0.4, -0.2) is 46.4 Å². The van der Waals surface area contributed by atoms with Crippen LogP contribution in [0, 0.1) is 0 Å². The van der Waals surface area contributed by atoms with Crippen molar-refractivity contribution in [2.24, 2.45) is 4.99 Å². The van der Waals surface area contributed by atoms with Crippen molar-refractivity contribution in [1.29, 1.82) is 0 Å². The van der Waals surface area contributed by atoms with Gasteiger partial charge in [-0.05, 0) is 38.5 Å². The maximum absolute atomic E-state index is 12.5. The first-order valence-electron chi connectivity index (χ1n) is 8.50. The van der Waals surface area contributed by atoms with Gasteiger partial charge in [0.15, 0.2) is 5.96 Å². The number of guanidine groups is 1. The number of halogens is 3. The molecule has 0 fully saturated rings. The van der Waals surface area contributed by atoms with Gasteiger partial charge in [-0.25, -0.2) is 18.1 Å². The van der Waals surface area contributed by atoms with Gasteiger partial charge in [-0.3, -0.25) is 0 Å². The fraction of sp³-hybridized carbons (Fsp3) is 0.562. The lowest BCUT2D eigenvalue weighted by Crippen LogP contribution is -2.38. The molecule has 0 aliphatic rings. The molecule has 0 saturated heterocycles. The number of hydrogen-bond acceptors (Lipinski definition) is 4. The molecule has 0 aliphatic heterocycles. The molecular formula is C16H25ClF2N4O3S. The molecule has 0 aromatic heterocycles. The van der Waals surface area contributed by atoms with Gasteiger partial charge < -0.3 is 15.4 Å². The molecule has 1 aromatic carbocycles. The van der Waals surface area contributed by atoms with Gasteiger partial charge in [-0.2, -0.15) is 8.78 Å². The molecule has 27 heavy (non-hydrogen) atoms. The number of benzene rings is 1. The summed E-state index contributed by atoms with van der Waals surface area (Å²) in [6, 6.07) is 4.36. The van der Waals surface area contributed by atoms with E-state index in [2.05, 4.69) is 25.1 Å². The van der Waals surface area contributed by atoms with Crippen LogP contribution in [0.25, 0.3) is 0 Å². The van der Waals surface area contributed by atoms with Crippen molar-refractivity contribution in [1.82, 2.24) is 15.4 Å². The van der Waals surface area contributed by atoms with Gasteiger partial charge in [0.1, 0.15) is 5.75 Å². The minimum atomic E-state index is -3.21. The van der Waals surface area contributed by atoms with Crippen molar-refractivity contribution in [2.45, 2.75) is 33.4 Å². The average Bonchev–Trinajstić information content (AvgIpc) is 2.60. The van der Waals surface area contributed by atoms with E-state index in [1.807, 2.05) is 6.92 Å². The Balaban J connectivity index is 2.64. The van der Waals surface area contributed by atoms with E-state index in [9.17, 15) is 17.2 Å². The molecule has 3 N–H and O–H groups in total. The first-order valence-corrected chi connectivity index (χ1v) is 10.5. The van der Waals surface area contributed by atoms with E-state index in [0.29, 0.717) is 42.6 Å². The SMILES string of the molecule is CCNC(=NCc1cc(Cl)ccc1OC(F)F)NCCCNS(=O)(=O)CC. The second kappa shape index (κ2) is 11.9. The summed E-state index contributed by atoms with van der Waals surface area (Å²) in [5, 5.41) is 6.47. The predicted molar refractivity (Wildman–Crippen MR) is 103 cm³/mol. The fourth-order valence-electron chi connectivity index (χ4n) is 2.01. The molecule has 1 rings (SSSR count). The molecule has 0 heterocycles. The van der Waals surface area contributed by atoms with Crippen molar-refractivity contribution in [3.05, 3.63) is 28.8 Å². The van der Waals surface area contributed by atoms with E-state index in [1.54, 1.807) is 6.92 Å². The maximum Gasteiger partial charge on any atom is 0.387 e. The Bertz CT molecular complexity index is 718.